The van der Waals surface area contributed by atoms with Crippen molar-refractivity contribution in [1.29, 1.82) is 0 Å². The fourth-order valence-electron chi connectivity index (χ4n) is 1.65. The molecule has 2 nitrogen and oxygen atoms in total. The predicted octanol–water partition coefficient (Wildman–Crippen LogP) is 4.38. The Morgan fingerprint density at radius 2 is 1.84 bits per heavy atom. The minimum Gasteiger partial charge on any atom is -0.457 e. The first-order valence-corrected chi connectivity index (χ1v) is 6.58. The summed E-state index contributed by atoms with van der Waals surface area (Å²) in [6.45, 7) is 7.67. The van der Waals surface area contributed by atoms with E-state index in [1.807, 2.05) is 45.0 Å². The number of rotatable bonds is 4. The van der Waals surface area contributed by atoms with E-state index in [-0.39, 0.29) is 5.97 Å². The first-order chi connectivity index (χ1) is 8.92. The largest absolute Gasteiger partial charge is 0.457 e. The molecule has 1 aromatic carbocycles. The van der Waals surface area contributed by atoms with Crippen LogP contribution in [0.15, 0.2) is 48.6 Å². The highest BCUT2D eigenvalue weighted by Gasteiger charge is 2.13. The van der Waals surface area contributed by atoms with Gasteiger partial charge in [0.1, 0.15) is 5.60 Å². The van der Waals surface area contributed by atoms with E-state index in [1.165, 1.54) is 17.2 Å². The van der Waals surface area contributed by atoms with E-state index in [0.717, 1.165) is 6.42 Å². The van der Waals surface area contributed by atoms with Crippen molar-refractivity contribution in [2.75, 3.05) is 0 Å². The first-order valence-electron chi connectivity index (χ1n) is 6.58. The molecule has 0 aliphatic rings. The fraction of sp³-hybridized carbons (Fsp3) is 0.353. The van der Waals surface area contributed by atoms with E-state index in [4.69, 9.17) is 4.74 Å². The van der Waals surface area contributed by atoms with E-state index in [0.29, 0.717) is 0 Å². The molecule has 0 radical (unpaired) electrons. The second-order valence-electron chi connectivity index (χ2n) is 5.30. The quantitative estimate of drug-likeness (QED) is 0.455. The van der Waals surface area contributed by atoms with Crippen LogP contribution in [0.25, 0.3) is 5.57 Å². The molecule has 2 heteroatoms. The lowest BCUT2D eigenvalue weighted by Gasteiger charge is -2.17. The average molecular weight is 258 g/mol. The second kappa shape index (κ2) is 6.93. The topological polar surface area (TPSA) is 26.3 Å². The maximum atomic E-state index is 11.5. The van der Waals surface area contributed by atoms with Gasteiger partial charge in [0, 0.05) is 6.08 Å². The Balaban J connectivity index is 2.71. The predicted molar refractivity (Wildman–Crippen MR) is 79.7 cm³/mol. The molecule has 0 aliphatic carbocycles. The maximum absolute atomic E-state index is 11.5. The number of allylic oxidation sites excluding steroid dienone is 3. The van der Waals surface area contributed by atoms with Crippen LogP contribution in [0, 0.1) is 0 Å². The molecule has 0 aliphatic heterocycles. The van der Waals surface area contributed by atoms with Crippen molar-refractivity contribution in [2.45, 2.75) is 39.7 Å². The summed E-state index contributed by atoms with van der Waals surface area (Å²) in [5.74, 6) is -0.313. The summed E-state index contributed by atoms with van der Waals surface area (Å²) < 4.78 is 5.20. The van der Waals surface area contributed by atoms with Crippen molar-refractivity contribution in [1.82, 2.24) is 0 Å². The van der Waals surface area contributed by atoms with Gasteiger partial charge in [-0.3, -0.25) is 0 Å². The molecule has 1 rings (SSSR count). The van der Waals surface area contributed by atoms with Crippen molar-refractivity contribution < 1.29 is 9.53 Å². The molecular weight excluding hydrogens is 236 g/mol. The van der Waals surface area contributed by atoms with Crippen molar-refractivity contribution in [3.63, 3.8) is 0 Å². The van der Waals surface area contributed by atoms with Gasteiger partial charge >= 0.3 is 5.97 Å². The van der Waals surface area contributed by atoms with Crippen LogP contribution in [0.4, 0.5) is 0 Å². The standard InChI is InChI=1S/C17H22O2/c1-5-14(15-10-7-6-8-11-15)12-9-13-16(18)19-17(2,3)4/h6-13H,5H2,1-4H3/b13-9+,14-12+. The van der Waals surface area contributed by atoms with Crippen LogP contribution in [0.2, 0.25) is 0 Å². The Kier molecular flexibility index (Phi) is 5.56. The minimum absolute atomic E-state index is 0.313. The molecular formula is C17H22O2. The van der Waals surface area contributed by atoms with E-state index >= 15 is 0 Å². The molecule has 0 N–H and O–H groups in total. The number of benzene rings is 1. The summed E-state index contributed by atoms with van der Waals surface area (Å²) in [5, 5.41) is 0. The van der Waals surface area contributed by atoms with Crippen molar-refractivity contribution in [2.24, 2.45) is 0 Å². The van der Waals surface area contributed by atoms with Gasteiger partial charge < -0.3 is 4.74 Å². The van der Waals surface area contributed by atoms with Gasteiger partial charge in [-0.05, 0) is 38.3 Å². The minimum atomic E-state index is -0.446. The second-order valence-corrected chi connectivity index (χ2v) is 5.30. The van der Waals surface area contributed by atoms with E-state index in [1.54, 1.807) is 6.08 Å². The average Bonchev–Trinajstić information content (AvgIpc) is 2.33. The molecule has 0 aromatic heterocycles. The number of hydrogen-bond acceptors (Lipinski definition) is 2. The third kappa shape index (κ3) is 6.05. The lowest BCUT2D eigenvalue weighted by molar-refractivity contribution is -0.148. The molecule has 0 atom stereocenters. The number of ether oxygens (including phenoxy) is 1. The van der Waals surface area contributed by atoms with Crippen LogP contribution in [0.5, 0.6) is 0 Å². The van der Waals surface area contributed by atoms with Crippen molar-refractivity contribution in [3.8, 4) is 0 Å². The summed E-state index contributed by atoms with van der Waals surface area (Å²) in [6.07, 6.45) is 6.09. The summed E-state index contributed by atoms with van der Waals surface area (Å²) >= 11 is 0. The highest BCUT2D eigenvalue weighted by molar-refractivity contribution is 5.83. The number of carbonyl (C=O) groups is 1. The molecule has 0 amide bonds. The van der Waals surface area contributed by atoms with Gasteiger partial charge in [-0.15, -0.1) is 0 Å². The molecule has 0 bridgehead atoms. The van der Waals surface area contributed by atoms with Crippen molar-refractivity contribution in [3.05, 3.63) is 54.1 Å². The van der Waals surface area contributed by atoms with Crippen molar-refractivity contribution >= 4 is 11.5 Å². The molecule has 102 valence electrons. The smallest absolute Gasteiger partial charge is 0.331 e. The van der Waals surface area contributed by atoms with Crippen LogP contribution in [-0.2, 0) is 9.53 Å². The van der Waals surface area contributed by atoms with E-state index < -0.39 is 5.60 Å². The normalized spacial score (nSPS) is 12.7. The fourth-order valence-corrected chi connectivity index (χ4v) is 1.65. The van der Waals surface area contributed by atoms with Gasteiger partial charge in [0.05, 0.1) is 0 Å². The van der Waals surface area contributed by atoms with Crippen LogP contribution in [0.3, 0.4) is 0 Å². The van der Waals surface area contributed by atoms with Crippen LogP contribution in [0.1, 0.15) is 39.7 Å². The summed E-state index contributed by atoms with van der Waals surface area (Å²) in [5.41, 5.74) is 1.93. The zero-order chi connectivity index (χ0) is 14.3. The molecule has 0 unspecified atom stereocenters. The van der Waals surface area contributed by atoms with Crippen LogP contribution in [-0.4, -0.2) is 11.6 Å². The highest BCUT2D eigenvalue weighted by atomic mass is 16.6. The van der Waals surface area contributed by atoms with Gasteiger partial charge in [-0.2, -0.15) is 0 Å². The lowest BCUT2D eigenvalue weighted by Crippen LogP contribution is -2.22. The van der Waals surface area contributed by atoms with Crippen LogP contribution >= 0.6 is 0 Å². The molecule has 0 saturated heterocycles. The zero-order valence-electron chi connectivity index (χ0n) is 12.1. The van der Waals surface area contributed by atoms with Gasteiger partial charge in [-0.25, -0.2) is 4.79 Å². The Morgan fingerprint density at radius 1 is 1.21 bits per heavy atom. The van der Waals surface area contributed by atoms with E-state index in [2.05, 4.69) is 19.1 Å². The summed E-state index contributed by atoms with van der Waals surface area (Å²) in [7, 11) is 0. The Bertz CT molecular complexity index is 462. The van der Waals surface area contributed by atoms with Gasteiger partial charge in [0.25, 0.3) is 0 Å². The third-order valence-corrected chi connectivity index (χ3v) is 2.46. The molecule has 0 spiro atoms. The lowest BCUT2D eigenvalue weighted by atomic mass is 10.0. The zero-order valence-corrected chi connectivity index (χ0v) is 12.1. The molecule has 19 heavy (non-hydrogen) atoms. The maximum Gasteiger partial charge on any atom is 0.331 e. The summed E-state index contributed by atoms with van der Waals surface area (Å²) in [6, 6.07) is 10.1. The summed E-state index contributed by atoms with van der Waals surface area (Å²) in [4.78, 5) is 11.5. The van der Waals surface area contributed by atoms with Gasteiger partial charge in [0.2, 0.25) is 0 Å². The first kappa shape index (κ1) is 15.2. The molecule has 0 fully saturated rings. The monoisotopic (exact) mass is 258 g/mol. The Labute approximate surface area is 115 Å². The molecule has 1 aromatic rings. The van der Waals surface area contributed by atoms with Crippen LogP contribution < -0.4 is 0 Å². The number of esters is 1. The SMILES string of the molecule is CC/C(=C\C=C\C(=O)OC(C)(C)C)c1ccccc1. The number of hydrogen-bond donors (Lipinski definition) is 0. The molecule has 0 heterocycles. The Hall–Kier alpha value is -1.83. The van der Waals surface area contributed by atoms with Gasteiger partial charge in [-0.1, -0.05) is 49.4 Å². The van der Waals surface area contributed by atoms with E-state index in [9.17, 15) is 4.79 Å². The third-order valence-electron chi connectivity index (χ3n) is 2.46. The Morgan fingerprint density at radius 3 is 2.37 bits per heavy atom. The number of carbonyl (C=O) groups excluding carboxylic acids is 1. The highest BCUT2D eigenvalue weighted by Crippen LogP contribution is 2.17. The van der Waals surface area contributed by atoms with Gasteiger partial charge in [0.15, 0.2) is 0 Å². The molecule has 0 saturated carbocycles.